The van der Waals surface area contributed by atoms with Gasteiger partial charge in [-0.3, -0.25) is 4.79 Å². The van der Waals surface area contributed by atoms with Gasteiger partial charge in [-0.1, -0.05) is 30.3 Å². The summed E-state index contributed by atoms with van der Waals surface area (Å²) in [5, 5.41) is 0. The van der Waals surface area contributed by atoms with Gasteiger partial charge < -0.3 is 19.1 Å². The summed E-state index contributed by atoms with van der Waals surface area (Å²) >= 11 is 0. The number of nitrogens with zero attached hydrogens (tertiary/aromatic N) is 1. The molecule has 1 heterocycles. The monoisotopic (exact) mass is 373 g/mol. The van der Waals surface area contributed by atoms with Crippen molar-refractivity contribution in [3.8, 4) is 11.5 Å². The largest absolute Gasteiger partial charge is 0.493 e. The van der Waals surface area contributed by atoms with Crippen LogP contribution >= 0.6 is 0 Å². The quantitative estimate of drug-likeness (QED) is 0.804. The molecule has 5 nitrogen and oxygen atoms in total. The molecule has 0 radical (unpaired) electrons. The predicted octanol–water partition coefficient (Wildman–Crippen LogP) is 3.59. The van der Waals surface area contributed by atoms with E-state index in [1.54, 1.807) is 42.3 Å². The number of carbonyl (C=O) groups is 1. The van der Waals surface area contributed by atoms with Crippen LogP contribution in [0.25, 0.3) is 0 Å². The van der Waals surface area contributed by atoms with Crippen molar-refractivity contribution in [1.29, 1.82) is 0 Å². The number of ether oxygens (including phenoxy) is 3. The summed E-state index contributed by atoms with van der Waals surface area (Å²) in [4.78, 5) is 14.6. The van der Waals surface area contributed by atoms with Gasteiger partial charge in [0.15, 0.2) is 18.1 Å². The minimum absolute atomic E-state index is 0.131. The molecule has 6 heteroatoms. The summed E-state index contributed by atoms with van der Waals surface area (Å²) in [6, 6.07) is 13.6. The summed E-state index contributed by atoms with van der Waals surface area (Å²) in [7, 11) is 1.55. The van der Waals surface area contributed by atoms with E-state index < -0.39 is 11.6 Å². The second-order valence-electron chi connectivity index (χ2n) is 7.08. The van der Waals surface area contributed by atoms with Gasteiger partial charge in [-0.15, -0.1) is 0 Å². The lowest BCUT2D eigenvalue weighted by atomic mass is 9.98. The highest BCUT2D eigenvalue weighted by Gasteiger charge is 2.39. The molecule has 3 rings (SSSR count). The van der Waals surface area contributed by atoms with Crippen LogP contribution < -0.4 is 9.47 Å². The maximum absolute atomic E-state index is 14.1. The predicted molar refractivity (Wildman–Crippen MR) is 99.4 cm³/mol. The number of halogens is 1. The molecule has 0 spiro atoms. The Hall–Kier alpha value is -2.60. The minimum atomic E-state index is -0.511. The molecule has 1 amide bonds. The lowest BCUT2D eigenvalue weighted by Gasteiger charge is -2.45. The molecule has 144 valence electrons. The number of hydrogen-bond acceptors (Lipinski definition) is 4. The molecule has 1 aliphatic heterocycles. The number of benzene rings is 2. The van der Waals surface area contributed by atoms with Crippen LogP contribution in [0.5, 0.6) is 11.5 Å². The number of amides is 1. The Labute approximate surface area is 158 Å². The molecule has 1 aliphatic rings. The third-order valence-electron chi connectivity index (χ3n) is 4.69. The first kappa shape index (κ1) is 19.2. The van der Waals surface area contributed by atoms with Crippen LogP contribution in [-0.2, 0) is 9.53 Å². The van der Waals surface area contributed by atoms with E-state index in [9.17, 15) is 9.18 Å². The van der Waals surface area contributed by atoms with Gasteiger partial charge in [0, 0.05) is 5.56 Å². The van der Waals surface area contributed by atoms with E-state index in [2.05, 4.69) is 0 Å². The molecule has 1 saturated heterocycles. The molecule has 0 saturated carbocycles. The van der Waals surface area contributed by atoms with Gasteiger partial charge in [0.05, 0.1) is 25.8 Å². The standard InChI is InChI=1S/C21H24FNO4/c1-21(2)14-27-19(15-8-4-5-9-16(15)22)12-23(21)20(24)13-26-18-11-7-6-10-17(18)25-3/h4-11,19H,12-14H2,1-3H3. The van der Waals surface area contributed by atoms with Crippen molar-refractivity contribution in [3.05, 3.63) is 59.9 Å². The molecule has 27 heavy (non-hydrogen) atoms. The van der Waals surface area contributed by atoms with Crippen molar-refractivity contribution in [2.24, 2.45) is 0 Å². The van der Waals surface area contributed by atoms with Crippen LogP contribution in [0.2, 0.25) is 0 Å². The maximum Gasteiger partial charge on any atom is 0.261 e. The lowest BCUT2D eigenvalue weighted by molar-refractivity contribution is -0.157. The molecule has 1 atom stereocenters. The van der Waals surface area contributed by atoms with Crippen LogP contribution in [0.3, 0.4) is 0 Å². The smallest absolute Gasteiger partial charge is 0.261 e. The van der Waals surface area contributed by atoms with Crippen LogP contribution in [-0.4, -0.2) is 43.2 Å². The zero-order chi connectivity index (χ0) is 19.4. The SMILES string of the molecule is COc1ccccc1OCC(=O)N1CC(c2ccccc2F)OCC1(C)C. The molecular weight excluding hydrogens is 349 g/mol. The zero-order valence-electron chi connectivity index (χ0n) is 15.8. The molecular formula is C21H24FNO4. The Morgan fingerprint density at radius 2 is 1.85 bits per heavy atom. The molecule has 0 aliphatic carbocycles. The second-order valence-corrected chi connectivity index (χ2v) is 7.08. The summed E-state index contributed by atoms with van der Waals surface area (Å²) < 4.78 is 30.9. The summed E-state index contributed by atoms with van der Waals surface area (Å²) in [6.45, 7) is 4.29. The molecule has 2 aromatic rings. The highest BCUT2D eigenvalue weighted by molar-refractivity contribution is 5.79. The third kappa shape index (κ3) is 4.22. The average molecular weight is 373 g/mol. The van der Waals surface area contributed by atoms with E-state index in [1.165, 1.54) is 6.07 Å². The van der Waals surface area contributed by atoms with E-state index in [0.29, 0.717) is 23.7 Å². The van der Waals surface area contributed by atoms with Gasteiger partial charge in [0.1, 0.15) is 11.9 Å². The average Bonchev–Trinajstić information content (AvgIpc) is 2.67. The first-order chi connectivity index (χ1) is 12.9. The van der Waals surface area contributed by atoms with E-state index in [1.807, 2.05) is 26.0 Å². The first-order valence-electron chi connectivity index (χ1n) is 8.84. The van der Waals surface area contributed by atoms with Crippen LogP contribution in [0, 0.1) is 5.82 Å². The molecule has 0 bridgehead atoms. The van der Waals surface area contributed by atoms with Gasteiger partial charge >= 0.3 is 0 Å². The Morgan fingerprint density at radius 1 is 1.19 bits per heavy atom. The maximum atomic E-state index is 14.1. The van der Waals surface area contributed by atoms with Crippen molar-refractivity contribution in [2.75, 3.05) is 26.9 Å². The molecule has 2 aromatic carbocycles. The molecule has 0 N–H and O–H groups in total. The van der Waals surface area contributed by atoms with Crippen molar-refractivity contribution in [3.63, 3.8) is 0 Å². The number of para-hydroxylation sites is 2. The van der Waals surface area contributed by atoms with Gasteiger partial charge in [0.2, 0.25) is 0 Å². The van der Waals surface area contributed by atoms with E-state index in [-0.39, 0.29) is 24.9 Å². The zero-order valence-corrected chi connectivity index (χ0v) is 15.8. The number of hydrogen-bond donors (Lipinski definition) is 0. The Balaban J connectivity index is 1.72. The summed E-state index contributed by atoms with van der Waals surface area (Å²) in [6.07, 6.45) is -0.505. The normalized spacial score (nSPS) is 18.8. The highest BCUT2D eigenvalue weighted by atomic mass is 19.1. The number of carbonyl (C=O) groups excluding carboxylic acids is 1. The third-order valence-corrected chi connectivity index (χ3v) is 4.69. The van der Waals surface area contributed by atoms with Crippen molar-refractivity contribution in [1.82, 2.24) is 4.90 Å². The molecule has 0 aromatic heterocycles. The van der Waals surface area contributed by atoms with Crippen LogP contribution in [0.4, 0.5) is 4.39 Å². The van der Waals surface area contributed by atoms with Gasteiger partial charge in [-0.25, -0.2) is 4.39 Å². The second kappa shape index (κ2) is 7.96. The minimum Gasteiger partial charge on any atom is -0.493 e. The van der Waals surface area contributed by atoms with Gasteiger partial charge in [-0.05, 0) is 32.0 Å². The van der Waals surface area contributed by atoms with Crippen LogP contribution in [0.15, 0.2) is 48.5 Å². The summed E-state index contributed by atoms with van der Waals surface area (Å²) in [5.41, 5.74) is -0.0559. The van der Waals surface area contributed by atoms with Crippen molar-refractivity contribution < 1.29 is 23.4 Å². The topological polar surface area (TPSA) is 48.0 Å². The Bertz CT molecular complexity index is 808. The fraction of sp³-hybridized carbons (Fsp3) is 0.381. The number of morpholine rings is 1. The van der Waals surface area contributed by atoms with E-state index in [0.717, 1.165) is 0 Å². The highest BCUT2D eigenvalue weighted by Crippen LogP contribution is 2.32. The Morgan fingerprint density at radius 3 is 2.56 bits per heavy atom. The summed E-state index contributed by atoms with van der Waals surface area (Å²) in [5.74, 6) is 0.552. The number of methoxy groups -OCH3 is 1. The number of rotatable bonds is 5. The first-order valence-corrected chi connectivity index (χ1v) is 8.84. The van der Waals surface area contributed by atoms with Crippen LogP contribution in [0.1, 0.15) is 25.5 Å². The lowest BCUT2D eigenvalue weighted by Crippen LogP contribution is -2.57. The molecule has 1 unspecified atom stereocenters. The van der Waals surface area contributed by atoms with Crippen molar-refractivity contribution >= 4 is 5.91 Å². The van der Waals surface area contributed by atoms with Crippen molar-refractivity contribution in [2.45, 2.75) is 25.5 Å². The Kier molecular flexibility index (Phi) is 5.65. The molecule has 1 fully saturated rings. The van der Waals surface area contributed by atoms with E-state index in [4.69, 9.17) is 14.2 Å². The fourth-order valence-electron chi connectivity index (χ4n) is 3.17. The van der Waals surface area contributed by atoms with Gasteiger partial charge in [-0.2, -0.15) is 0 Å². The fourth-order valence-corrected chi connectivity index (χ4v) is 3.17. The van der Waals surface area contributed by atoms with E-state index >= 15 is 0 Å². The van der Waals surface area contributed by atoms with Gasteiger partial charge in [0.25, 0.3) is 5.91 Å².